The monoisotopic (exact) mass is 382 g/mol. The van der Waals surface area contributed by atoms with Gasteiger partial charge in [0.05, 0.1) is 0 Å². The Balaban J connectivity index is -0.0000000277. The molecule has 0 bridgehead atoms. The van der Waals surface area contributed by atoms with Crippen LogP contribution in [0.4, 0.5) is 0 Å². The zero-order valence-corrected chi connectivity index (χ0v) is 13.4. The zero-order chi connectivity index (χ0) is 13.1. The molecule has 0 aliphatic carbocycles. The Bertz CT molecular complexity index is 302. The molecule has 0 radical (unpaired) electrons. The molecule has 92 valence electrons. The molecule has 0 aliphatic rings. The van der Waals surface area contributed by atoms with Gasteiger partial charge in [0, 0.05) is 12.2 Å². The van der Waals surface area contributed by atoms with Gasteiger partial charge in [-0.25, -0.2) is 9.59 Å². The number of carboxylic acids is 2. The van der Waals surface area contributed by atoms with Crippen molar-refractivity contribution >= 4 is 71.2 Å². The molecular formula is C6H12BaO8S. The molecule has 0 amide bonds. The zero-order valence-electron chi connectivity index (χ0n) is 10.1. The van der Waals surface area contributed by atoms with E-state index in [1.165, 1.54) is 0 Å². The molecule has 0 aromatic rings. The van der Waals surface area contributed by atoms with E-state index >= 15 is 0 Å². The maximum absolute atomic E-state index is 9.25. The third kappa shape index (κ3) is 154. The van der Waals surface area contributed by atoms with Gasteiger partial charge in [-0.05, 0) is 0 Å². The minimum absolute atomic E-state index is 0. The number of carbonyl (C=O) groups is 2. The quantitative estimate of drug-likeness (QED) is 0.289. The van der Waals surface area contributed by atoms with E-state index in [1.54, 1.807) is 0 Å². The molecule has 0 atom stereocenters. The van der Waals surface area contributed by atoms with Gasteiger partial charge in [-0.1, -0.05) is 13.2 Å². The van der Waals surface area contributed by atoms with E-state index in [-0.39, 0.29) is 51.7 Å². The topological polar surface area (TPSA) is 149 Å². The number of carboxylic acid groups (broad SMARTS) is 2. The third-order valence-corrected chi connectivity index (χ3v) is 0.349. The summed E-state index contributed by atoms with van der Waals surface area (Å²) in [5.74, 6) is -1.96. The van der Waals surface area contributed by atoms with Gasteiger partial charge in [-0.2, -0.15) is 8.42 Å². The van der Waals surface area contributed by atoms with Gasteiger partial charge < -0.3 is 13.1 Å². The van der Waals surface area contributed by atoms with Gasteiger partial charge in [-0.3, -0.25) is 9.11 Å². The van der Waals surface area contributed by atoms with Crippen molar-refractivity contribution in [2.75, 3.05) is 0 Å². The second-order valence-corrected chi connectivity index (χ2v) is 2.43. The van der Waals surface area contributed by atoms with Crippen LogP contribution in [0.5, 0.6) is 0 Å². The fraction of sp³-hybridized carbons (Fsp3) is 0. The Hall–Kier alpha value is -0.139. The molecule has 0 saturated heterocycles. The Morgan fingerprint density at radius 1 is 1.00 bits per heavy atom. The van der Waals surface area contributed by atoms with E-state index in [1.807, 2.05) is 0 Å². The molecule has 4 N–H and O–H groups in total. The third-order valence-electron chi connectivity index (χ3n) is 0.349. The molecular weight excluding hydrogens is 369 g/mol. The van der Waals surface area contributed by atoms with E-state index in [0.717, 1.165) is 12.2 Å². The van der Waals surface area contributed by atoms with Crippen LogP contribution in [-0.2, 0) is 20.0 Å². The first-order chi connectivity index (χ1) is 6.54. The number of rotatable bonds is 2. The fourth-order valence-corrected chi connectivity index (χ4v) is 0. The Morgan fingerprint density at radius 2 is 1.06 bits per heavy atom. The number of hydrogen-bond acceptors (Lipinski definition) is 4. The van der Waals surface area contributed by atoms with Gasteiger partial charge >= 0.3 is 71.2 Å². The fourth-order valence-electron chi connectivity index (χ4n) is 0. The van der Waals surface area contributed by atoms with Gasteiger partial charge in [0.15, 0.2) is 0 Å². The van der Waals surface area contributed by atoms with Crippen LogP contribution in [0.15, 0.2) is 25.3 Å². The molecule has 8 nitrogen and oxygen atoms in total. The summed E-state index contributed by atoms with van der Waals surface area (Å²) >= 11 is 0. The molecule has 0 heterocycles. The van der Waals surface area contributed by atoms with Crippen molar-refractivity contribution in [1.29, 1.82) is 0 Å². The van der Waals surface area contributed by atoms with E-state index in [4.69, 9.17) is 27.7 Å². The molecule has 0 aromatic carbocycles. The minimum Gasteiger partial charge on any atom is -1.00 e. The van der Waals surface area contributed by atoms with Crippen molar-refractivity contribution in [3.63, 3.8) is 0 Å². The molecule has 0 fully saturated rings. The smallest absolute Gasteiger partial charge is 1.00 e. The van der Waals surface area contributed by atoms with Crippen molar-refractivity contribution < 1.29 is 40.2 Å². The van der Waals surface area contributed by atoms with Crippen molar-refractivity contribution in [1.82, 2.24) is 0 Å². The maximum Gasteiger partial charge on any atom is 2.00 e. The van der Waals surface area contributed by atoms with Crippen LogP contribution in [0.1, 0.15) is 2.85 Å². The normalized spacial score (nSPS) is 7.62. The van der Waals surface area contributed by atoms with Crippen LogP contribution < -0.4 is 0 Å². The molecule has 0 spiro atoms. The van der Waals surface area contributed by atoms with Crippen molar-refractivity contribution in [3.05, 3.63) is 25.3 Å². The molecule has 0 aromatic heterocycles. The summed E-state index contributed by atoms with van der Waals surface area (Å²) in [6.45, 7) is 5.92. The minimum atomic E-state index is -4.67. The molecule has 0 unspecified atom stereocenters. The van der Waals surface area contributed by atoms with Gasteiger partial charge in [0.2, 0.25) is 0 Å². The van der Waals surface area contributed by atoms with Crippen LogP contribution >= 0.6 is 0 Å². The van der Waals surface area contributed by atoms with E-state index in [2.05, 4.69) is 13.2 Å². The molecule has 0 aliphatic heterocycles. The predicted molar refractivity (Wildman–Crippen MR) is 57.8 cm³/mol. The Kier molecular flexibility index (Phi) is 23.1. The second-order valence-electron chi connectivity index (χ2n) is 1.53. The second kappa shape index (κ2) is 14.9. The summed E-state index contributed by atoms with van der Waals surface area (Å²) in [4.78, 5) is 18.5. The summed E-state index contributed by atoms with van der Waals surface area (Å²) < 4.78 is 31.6. The first-order valence-corrected chi connectivity index (χ1v) is 4.34. The Morgan fingerprint density at radius 3 is 1.06 bits per heavy atom. The molecule has 0 saturated carbocycles. The molecule has 16 heavy (non-hydrogen) atoms. The summed E-state index contributed by atoms with van der Waals surface area (Å²) in [5.41, 5.74) is 0. The molecule has 0 rings (SSSR count). The summed E-state index contributed by atoms with van der Waals surface area (Å²) in [7, 11) is -4.67. The van der Waals surface area contributed by atoms with Gasteiger partial charge in [0.1, 0.15) is 0 Å². The van der Waals surface area contributed by atoms with Crippen LogP contribution in [0.25, 0.3) is 0 Å². The number of aliphatic carboxylic acids is 2. The van der Waals surface area contributed by atoms with Crippen molar-refractivity contribution in [2.24, 2.45) is 0 Å². The summed E-state index contributed by atoms with van der Waals surface area (Å²) in [6.07, 6.45) is 1.67. The standard InChI is InChI=1S/2C3H4O2.Ba.H2O4S.2H/c2*1-2-3(4)5;;1-5(2,3)4;;/h2*2H,1H2,(H,4,5);;(H2,1,2,3,4);;/q;;+2;;2*-1. The van der Waals surface area contributed by atoms with E-state index in [0.29, 0.717) is 0 Å². The SMILES string of the molecule is C=CC(=O)O.C=CC(=O)O.O=S(=O)(O)O.[Ba+2].[H-].[H-]. The van der Waals surface area contributed by atoms with Crippen LogP contribution in [0.2, 0.25) is 0 Å². The first-order valence-electron chi connectivity index (χ1n) is 2.95. The number of hydrogen-bond donors (Lipinski definition) is 4. The largest absolute Gasteiger partial charge is 2.00 e. The summed E-state index contributed by atoms with van der Waals surface area (Å²) in [5, 5.41) is 15.2. The van der Waals surface area contributed by atoms with Gasteiger partial charge in [-0.15, -0.1) is 0 Å². The van der Waals surface area contributed by atoms with E-state index in [9.17, 15) is 9.59 Å². The predicted octanol–water partition coefficient (Wildman–Crippen LogP) is -0.295. The molecule has 10 heteroatoms. The average Bonchev–Trinajstić information content (AvgIpc) is 2.02. The van der Waals surface area contributed by atoms with Crippen LogP contribution in [0.3, 0.4) is 0 Å². The average molecular weight is 382 g/mol. The van der Waals surface area contributed by atoms with Crippen molar-refractivity contribution in [3.8, 4) is 0 Å². The summed E-state index contributed by atoms with van der Waals surface area (Å²) in [6, 6.07) is 0. The van der Waals surface area contributed by atoms with Crippen molar-refractivity contribution in [2.45, 2.75) is 0 Å². The van der Waals surface area contributed by atoms with Crippen LogP contribution in [0, 0.1) is 0 Å². The Labute approximate surface area is 135 Å². The maximum atomic E-state index is 9.25. The first kappa shape index (κ1) is 24.9. The van der Waals surface area contributed by atoms with Crippen LogP contribution in [-0.4, -0.2) is 88.6 Å². The van der Waals surface area contributed by atoms with E-state index < -0.39 is 22.3 Å². The van der Waals surface area contributed by atoms with Gasteiger partial charge in [0.25, 0.3) is 0 Å².